The van der Waals surface area contributed by atoms with Gasteiger partial charge in [-0.25, -0.2) is 0 Å². The van der Waals surface area contributed by atoms with E-state index in [0.29, 0.717) is 6.42 Å². The van der Waals surface area contributed by atoms with E-state index in [1.165, 1.54) is 212 Å². The van der Waals surface area contributed by atoms with E-state index in [1.807, 2.05) is 6.08 Å². The van der Waals surface area contributed by atoms with Gasteiger partial charge in [-0.1, -0.05) is 262 Å². The van der Waals surface area contributed by atoms with Gasteiger partial charge < -0.3 is 40.3 Å². The number of carbonyl (C=O) groups excluding carboxylic acids is 1. The average Bonchev–Trinajstić information content (AvgIpc) is 3.35. The van der Waals surface area contributed by atoms with Crippen LogP contribution in [0.15, 0.2) is 36.5 Å². The van der Waals surface area contributed by atoms with Crippen molar-refractivity contribution in [2.45, 2.75) is 326 Å². The Kier molecular flexibility index (Phi) is 47.4. The fourth-order valence-electron chi connectivity index (χ4n) is 9.48. The Bertz CT molecular complexity index is 1180. The highest BCUT2D eigenvalue weighted by atomic mass is 16.7. The second-order valence-corrected chi connectivity index (χ2v) is 20.8. The fourth-order valence-corrected chi connectivity index (χ4v) is 9.48. The van der Waals surface area contributed by atoms with Gasteiger partial charge in [0.05, 0.1) is 25.4 Å². The first kappa shape index (κ1) is 65.4. The highest BCUT2D eigenvalue weighted by Crippen LogP contribution is 2.23. The van der Waals surface area contributed by atoms with Crippen molar-refractivity contribution in [3.63, 3.8) is 0 Å². The Morgan fingerprint density at radius 2 is 0.855 bits per heavy atom. The number of amides is 1. The van der Waals surface area contributed by atoms with E-state index in [0.717, 1.165) is 51.4 Å². The third-order valence-electron chi connectivity index (χ3n) is 14.2. The molecule has 0 aromatic rings. The van der Waals surface area contributed by atoms with Crippen molar-refractivity contribution in [1.29, 1.82) is 0 Å². The summed E-state index contributed by atoms with van der Waals surface area (Å²) < 4.78 is 11.1. The zero-order valence-electron chi connectivity index (χ0n) is 45.1. The summed E-state index contributed by atoms with van der Waals surface area (Å²) in [7, 11) is 0. The van der Waals surface area contributed by atoms with Crippen molar-refractivity contribution >= 4 is 5.91 Å². The summed E-state index contributed by atoms with van der Waals surface area (Å²) in [4.78, 5) is 12.9. The summed E-state index contributed by atoms with van der Waals surface area (Å²) >= 11 is 0. The maximum Gasteiger partial charge on any atom is 0.220 e. The standard InChI is InChI=1S/C60H113NO8/c1-3-5-7-9-10-11-12-13-14-15-16-17-18-19-20-21-22-23-24-25-26-27-28-29-30-31-32-33-34-35-36-37-38-39-40-41-42-43-44-46-48-50-56(64)61-53(54(63)49-47-45-8-6-4-2)52-68-60-59(67)58(66)57(65)55(51-62)69-60/h12-13,15-16,47,49,53-55,57-60,62-63,65-67H,3-11,14,17-46,48,50-52H2,1-2H3,(H,61,64)/b13-12-,16-15-,49-47+. The van der Waals surface area contributed by atoms with Gasteiger partial charge in [-0.3, -0.25) is 4.79 Å². The van der Waals surface area contributed by atoms with Crippen LogP contribution in [0.3, 0.4) is 0 Å². The smallest absolute Gasteiger partial charge is 0.220 e. The largest absolute Gasteiger partial charge is 0.394 e. The Labute approximate surface area is 425 Å². The summed E-state index contributed by atoms with van der Waals surface area (Å²) in [5.74, 6) is -0.180. The monoisotopic (exact) mass is 976 g/mol. The molecule has 1 rings (SSSR count). The van der Waals surface area contributed by atoms with Crippen LogP contribution in [0.5, 0.6) is 0 Å². The summed E-state index contributed by atoms with van der Waals surface area (Å²) in [5, 5.41) is 53.8. The molecule has 9 nitrogen and oxygen atoms in total. The van der Waals surface area contributed by atoms with Crippen LogP contribution in [0, 0.1) is 0 Å². The highest BCUT2D eigenvalue weighted by molar-refractivity contribution is 5.76. The topological polar surface area (TPSA) is 149 Å². The third-order valence-corrected chi connectivity index (χ3v) is 14.2. The Hall–Kier alpha value is -1.59. The molecule has 0 spiro atoms. The van der Waals surface area contributed by atoms with Crippen LogP contribution in [0.2, 0.25) is 0 Å². The molecule has 1 amide bonds. The number of hydrogen-bond acceptors (Lipinski definition) is 8. The number of ether oxygens (including phenoxy) is 2. The van der Waals surface area contributed by atoms with Crippen molar-refractivity contribution in [3.05, 3.63) is 36.5 Å². The Balaban J connectivity index is 1.90. The molecule has 406 valence electrons. The van der Waals surface area contributed by atoms with E-state index in [9.17, 15) is 30.3 Å². The van der Waals surface area contributed by atoms with Crippen molar-refractivity contribution in [2.24, 2.45) is 0 Å². The molecular weight excluding hydrogens is 863 g/mol. The maximum absolute atomic E-state index is 12.9. The van der Waals surface area contributed by atoms with Gasteiger partial charge in [0.1, 0.15) is 24.4 Å². The second kappa shape index (κ2) is 50.0. The highest BCUT2D eigenvalue weighted by Gasteiger charge is 2.44. The van der Waals surface area contributed by atoms with E-state index in [2.05, 4.69) is 43.5 Å². The van der Waals surface area contributed by atoms with Crippen LogP contribution in [-0.2, 0) is 14.3 Å². The molecule has 1 fully saturated rings. The van der Waals surface area contributed by atoms with Gasteiger partial charge in [0, 0.05) is 6.42 Å². The van der Waals surface area contributed by atoms with Gasteiger partial charge in [0.2, 0.25) is 5.91 Å². The molecule has 1 heterocycles. The zero-order valence-corrected chi connectivity index (χ0v) is 45.1. The van der Waals surface area contributed by atoms with Gasteiger partial charge in [-0.15, -0.1) is 0 Å². The van der Waals surface area contributed by atoms with E-state index in [1.54, 1.807) is 6.08 Å². The third kappa shape index (κ3) is 39.6. The summed E-state index contributed by atoms with van der Waals surface area (Å²) in [6.45, 7) is 3.66. The van der Waals surface area contributed by atoms with Gasteiger partial charge >= 0.3 is 0 Å². The number of unbranched alkanes of at least 4 members (excludes halogenated alkanes) is 37. The quantitative estimate of drug-likeness (QED) is 0.0261. The lowest BCUT2D eigenvalue weighted by Gasteiger charge is -2.40. The minimum Gasteiger partial charge on any atom is -0.394 e. The summed E-state index contributed by atoms with van der Waals surface area (Å²) in [5.41, 5.74) is 0. The lowest BCUT2D eigenvalue weighted by atomic mass is 9.99. The Morgan fingerprint density at radius 3 is 1.28 bits per heavy atom. The SMILES string of the molecule is CCCCC/C=C/C(O)C(COC1OC(CO)C(O)C(O)C1O)NC(=O)CCCCCCCCCCCCCCCCCCCCCCCCCCCCCCC/C=C\C/C=C\CCCCCCC. The van der Waals surface area contributed by atoms with Crippen molar-refractivity contribution in [1.82, 2.24) is 5.32 Å². The number of aliphatic hydroxyl groups excluding tert-OH is 5. The molecule has 1 aliphatic rings. The van der Waals surface area contributed by atoms with Gasteiger partial charge in [0.25, 0.3) is 0 Å². The van der Waals surface area contributed by atoms with Crippen LogP contribution in [0.1, 0.15) is 284 Å². The average molecular weight is 977 g/mol. The molecule has 0 bridgehead atoms. The molecule has 0 aliphatic carbocycles. The van der Waals surface area contributed by atoms with E-state index in [4.69, 9.17) is 9.47 Å². The van der Waals surface area contributed by atoms with Crippen LogP contribution in [-0.4, -0.2) is 87.5 Å². The number of nitrogens with one attached hydrogen (secondary N) is 1. The normalized spacial score (nSPS) is 19.7. The maximum atomic E-state index is 12.9. The molecule has 69 heavy (non-hydrogen) atoms. The summed E-state index contributed by atoms with van der Waals surface area (Å²) in [6, 6.07) is -0.798. The molecule has 9 heteroatoms. The molecule has 0 aromatic heterocycles. The molecule has 7 unspecified atom stereocenters. The fraction of sp³-hybridized carbons (Fsp3) is 0.883. The molecule has 1 aliphatic heterocycles. The molecule has 6 N–H and O–H groups in total. The Morgan fingerprint density at radius 1 is 0.493 bits per heavy atom. The van der Waals surface area contributed by atoms with E-state index in [-0.39, 0.29) is 12.5 Å². The predicted octanol–water partition coefficient (Wildman–Crippen LogP) is 14.7. The van der Waals surface area contributed by atoms with Crippen LogP contribution < -0.4 is 5.32 Å². The predicted molar refractivity (Wildman–Crippen MR) is 290 cm³/mol. The number of hydrogen-bond donors (Lipinski definition) is 6. The molecule has 7 atom stereocenters. The number of rotatable bonds is 51. The van der Waals surface area contributed by atoms with Crippen LogP contribution in [0.25, 0.3) is 0 Å². The van der Waals surface area contributed by atoms with Crippen molar-refractivity contribution < 1.29 is 39.8 Å². The first-order valence-corrected chi connectivity index (χ1v) is 29.7. The van der Waals surface area contributed by atoms with Gasteiger partial charge in [0.15, 0.2) is 6.29 Å². The minimum atomic E-state index is -1.56. The lowest BCUT2D eigenvalue weighted by Crippen LogP contribution is -2.60. The van der Waals surface area contributed by atoms with E-state index < -0.39 is 49.5 Å². The van der Waals surface area contributed by atoms with Crippen molar-refractivity contribution in [2.75, 3.05) is 13.2 Å². The van der Waals surface area contributed by atoms with Gasteiger partial charge in [-0.2, -0.15) is 0 Å². The van der Waals surface area contributed by atoms with Crippen molar-refractivity contribution in [3.8, 4) is 0 Å². The molecule has 0 radical (unpaired) electrons. The van der Waals surface area contributed by atoms with E-state index >= 15 is 0 Å². The number of carbonyl (C=O) groups is 1. The molecule has 0 saturated carbocycles. The minimum absolute atomic E-state index is 0.180. The molecule has 1 saturated heterocycles. The van der Waals surface area contributed by atoms with Crippen LogP contribution >= 0.6 is 0 Å². The first-order chi connectivity index (χ1) is 33.8. The summed E-state index contributed by atoms with van der Waals surface area (Å²) in [6.07, 6.45) is 59.0. The lowest BCUT2D eigenvalue weighted by molar-refractivity contribution is -0.302. The first-order valence-electron chi connectivity index (χ1n) is 29.7. The second-order valence-electron chi connectivity index (χ2n) is 20.8. The number of allylic oxidation sites excluding steroid dienone is 5. The van der Waals surface area contributed by atoms with Gasteiger partial charge in [-0.05, 0) is 51.4 Å². The number of aliphatic hydroxyl groups is 5. The van der Waals surface area contributed by atoms with Crippen LogP contribution in [0.4, 0.5) is 0 Å². The zero-order chi connectivity index (χ0) is 50.1. The molecular formula is C60H113NO8. The molecule has 0 aromatic carbocycles.